The number of aromatic carboxylic acids is 1. The van der Waals surface area contributed by atoms with Crippen LogP contribution < -0.4 is 5.32 Å². The van der Waals surface area contributed by atoms with E-state index in [9.17, 15) is 14.0 Å². The number of nitrogens with one attached hydrogen (secondary N) is 1. The lowest BCUT2D eigenvalue weighted by molar-refractivity contribution is 0.0690. The minimum absolute atomic E-state index is 0.0543. The Morgan fingerprint density at radius 3 is 2.19 bits per heavy atom. The molecule has 2 aromatic rings. The fourth-order valence-electron chi connectivity index (χ4n) is 1.98. The molecule has 2 rings (SSSR count). The summed E-state index contributed by atoms with van der Waals surface area (Å²) in [4.78, 5) is 23.3. The van der Waals surface area contributed by atoms with Crippen molar-refractivity contribution in [2.45, 2.75) is 13.0 Å². The molecular formula is C16H14FNO3. The summed E-state index contributed by atoms with van der Waals surface area (Å²) < 4.78 is 12.9. The van der Waals surface area contributed by atoms with Crippen molar-refractivity contribution in [2.75, 3.05) is 0 Å². The fourth-order valence-corrected chi connectivity index (χ4v) is 1.98. The molecule has 21 heavy (non-hydrogen) atoms. The number of benzene rings is 2. The molecule has 0 fully saturated rings. The minimum atomic E-state index is -1.16. The van der Waals surface area contributed by atoms with E-state index in [2.05, 4.69) is 5.32 Å². The lowest BCUT2D eigenvalue weighted by Crippen LogP contribution is -2.28. The number of carboxylic acid groups (broad SMARTS) is 1. The van der Waals surface area contributed by atoms with E-state index in [-0.39, 0.29) is 23.0 Å². The third kappa shape index (κ3) is 3.45. The van der Waals surface area contributed by atoms with Crippen molar-refractivity contribution in [3.05, 3.63) is 71.0 Å². The number of carbonyl (C=O) groups is 2. The summed E-state index contributed by atoms with van der Waals surface area (Å²) in [5, 5.41) is 11.8. The molecule has 2 N–H and O–H groups in total. The predicted molar refractivity (Wildman–Crippen MR) is 75.7 cm³/mol. The van der Waals surface area contributed by atoms with Gasteiger partial charge in [-0.25, -0.2) is 9.18 Å². The molecule has 0 aliphatic heterocycles. The van der Waals surface area contributed by atoms with Crippen molar-refractivity contribution in [2.24, 2.45) is 0 Å². The summed E-state index contributed by atoms with van der Waals surface area (Å²) in [6.45, 7) is 1.74. The maximum Gasteiger partial charge on any atom is 0.336 e. The maximum absolute atomic E-state index is 12.9. The zero-order valence-corrected chi connectivity index (χ0v) is 11.3. The Balaban J connectivity index is 2.18. The van der Waals surface area contributed by atoms with Crippen LogP contribution in [-0.4, -0.2) is 17.0 Å². The monoisotopic (exact) mass is 287 g/mol. The molecule has 5 heteroatoms. The maximum atomic E-state index is 12.9. The average molecular weight is 287 g/mol. The van der Waals surface area contributed by atoms with Gasteiger partial charge in [-0.3, -0.25) is 4.79 Å². The van der Waals surface area contributed by atoms with E-state index in [4.69, 9.17) is 5.11 Å². The molecule has 0 aliphatic rings. The van der Waals surface area contributed by atoms with E-state index in [1.54, 1.807) is 31.2 Å². The van der Waals surface area contributed by atoms with E-state index >= 15 is 0 Å². The Morgan fingerprint density at radius 1 is 1.05 bits per heavy atom. The van der Waals surface area contributed by atoms with Gasteiger partial charge >= 0.3 is 5.97 Å². The fraction of sp³-hybridized carbons (Fsp3) is 0.125. The highest BCUT2D eigenvalue weighted by molar-refractivity contribution is 6.04. The van der Waals surface area contributed by atoms with Gasteiger partial charge in [0.05, 0.1) is 17.2 Å². The number of hydrogen-bond acceptors (Lipinski definition) is 2. The van der Waals surface area contributed by atoms with Gasteiger partial charge in [0.1, 0.15) is 5.82 Å². The molecule has 1 atom stereocenters. The van der Waals surface area contributed by atoms with E-state index in [0.717, 1.165) is 5.56 Å². The number of carbonyl (C=O) groups excluding carboxylic acids is 1. The first-order valence-corrected chi connectivity index (χ1v) is 6.37. The molecule has 2 aromatic carbocycles. The molecule has 1 amide bonds. The quantitative estimate of drug-likeness (QED) is 0.908. The molecule has 0 saturated heterocycles. The standard InChI is InChI=1S/C16H14FNO3/c1-10(11-6-8-12(17)9-7-11)18-15(19)13-4-2-3-5-14(13)16(20)21/h2-10H,1H3,(H,18,19)(H,20,21)/t10-/m1/s1. The first-order chi connectivity index (χ1) is 9.99. The largest absolute Gasteiger partial charge is 0.478 e. The van der Waals surface area contributed by atoms with Crippen LogP contribution in [0.3, 0.4) is 0 Å². The van der Waals surface area contributed by atoms with Crippen molar-refractivity contribution in [3.8, 4) is 0 Å². The van der Waals surface area contributed by atoms with Crippen molar-refractivity contribution in [1.29, 1.82) is 0 Å². The SMILES string of the molecule is C[C@@H](NC(=O)c1ccccc1C(=O)O)c1ccc(F)cc1. The third-order valence-corrected chi connectivity index (χ3v) is 3.12. The van der Waals surface area contributed by atoms with Gasteiger partial charge in [0.2, 0.25) is 0 Å². The number of halogens is 1. The molecule has 0 heterocycles. The van der Waals surface area contributed by atoms with Crippen molar-refractivity contribution >= 4 is 11.9 Å². The Hall–Kier alpha value is -2.69. The Kier molecular flexibility index (Phi) is 4.33. The van der Waals surface area contributed by atoms with Gasteiger partial charge in [0.25, 0.3) is 5.91 Å². The number of rotatable bonds is 4. The van der Waals surface area contributed by atoms with Gasteiger partial charge in [-0.1, -0.05) is 24.3 Å². The third-order valence-electron chi connectivity index (χ3n) is 3.12. The van der Waals surface area contributed by atoms with Crippen molar-refractivity contribution < 1.29 is 19.1 Å². The summed E-state index contributed by atoms with van der Waals surface area (Å²) in [7, 11) is 0. The van der Waals surface area contributed by atoms with Gasteiger partial charge in [0, 0.05) is 0 Å². The molecule has 0 aliphatic carbocycles. The molecule has 108 valence electrons. The van der Waals surface area contributed by atoms with Crippen molar-refractivity contribution in [3.63, 3.8) is 0 Å². The Labute approximate surface area is 121 Å². The predicted octanol–water partition coefficient (Wildman–Crippen LogP) is 3.01. The lowest BCUT2D eigenvalue weighted by Gasteiger charge is -2.15. The molecule has 0 unspecified atom stereocenters. The number of carboxylic acids is 1. The van der Waals surface area contributed by atoms with Crippen LogP contribution in [0, 0.1) is 5.82 Å². The second-order valence-corrected chi connectivity index (χ2v) is 4.60. The molecule has 0 saturated carbocycles. The normalized spacial score (nSPS) is 11.7. The summed E-state index contributed by atoms with van der Waals surface area (Å²) >= 11 is 0. The Morgan fingerprint density at radius 2 is 1.62 bits per heavy atom. The number of amides is 1. The lowest BCUT2D eigenvalue weighted by atomic mass is 10.0. The van der Waals surface area contributed by atoms with Crippen LogP contribution in [0.4, 0.5) is 4.39 Å². The zero-order chi connectivity index (χ0) is 15.4. The van der Waals surface area contributed by atoms with Crippen LogP contribution in [0.2, 0.25) is 0 Å². The van der Waals surface area contributed by atoms with Gasteiger partial charge in [0.15, 0.2) is 0 Å². The summed E-state index contributed by atoms with van der Waals surface area (Å²) in [5.41, 5.74) is 0.776. The second kappa shape index (κ2) is 6.17. The van der Waals surface area contributed by atoms with Crippen LogP contribution in [-0.2, 0) is 0 Å². The van der Waals surface area contributed by atoms with Crippen LogP contribution in [0.25, 0.3) is 0 Å². The van der Waals surface area contributed by atoms with E-state index in [1.165, 1.54) is 24.3 Å². The molecule has 0 spiro atoms. The van der Waals surface area contributed by atoms with E-state index in [0.29, 0.717) is 0 Å². The smallest absolute Gasteiger partial charge is 0.336 e. The number of hydrogen-bond donors (Lipinski definition) is 2. The molecular weight excluding hydrogens is 273 g/mol. The van der Waals surface area contributed by atoms with E-state index < -0.39 is 11.9 Å². The van der Waals surface area contributed by atoms with Gasteiger partial charge < -0.3 is 10.4 Å². The van der Waals surface area contributed by atoms with E-state index in [1.807, 2.05) is 0 Å². The van der Waals surface area contributed by atoms with Crippen LogP contribution >= 0.6 is 0 Å². The second-order valence-electron chi connectivity index (χ2n) is 4.60. The highest BCUT2D eigenvalue weighted by Crippen LogP contribution is 2.15. The van der Waals surface area contributed by atoms with Gasteiger partial charge in [-0.05, 0) is 36.8 Å². The highest BCUT2D eigenvalue weighted by atomic mass is 19.1. The topological polar surface area (TPSA) is 66.4 Å². The average Bonchev–Trinajstić information content (AvgIpc) is 2.47. The van der Waals surface area contributed by atoms with Crippen molar-refractivity contribution in [1.82, 2.24) is 5.32 Å². The summed E-state index contributed by atoms with van der Waals surface area (Å²) in [5.74, 6) is -1.99. The zero-order valence-electron chi connectivity index (χ0n) is 11.3. The molecule has 0 aromatic heterocycles. The first kappa shape index (κ1) is 14.7. The van der Waals surface area contributed by atoms with Crippen LogP contribution in [0.1, 0.15) is 39.2 Å². The van der Waals surface area contributed by atoms with Gasteiger partial charge in [-0.2, -0.15) is 0 Å². The highest BCUT2D eigenvalue weighted by Gasteiger charge is 2.17. The first-order valence-electron chi connectivity index (χ1n) is 6.37. The summed E-state index contributed by atoms with van der Waals surface area (Å²) in [6, 6.07) is 11.4. The molecule has 0 bridgehead atoms. The summed E-state index contributed by atoms with van der Waals surface area (Å²) in [6.07, 6.45) is 0. The molecule has 4 nitrogen and oxygen atoms in total. The van der Waals surface area contributed by atoms with Crippen LogP contribution in [0.15, 0.2) is 48.5 Å². The molecule has 0 radical (unpaired) electrons. The van der Waals surface area contributed by atoms with Gasteiger partial charge in [-0.15, -0.1) is 0 Å². The van der Waals surface area contributed by atoms with Crippen LogP contribution in [0.5, 0.6) is 0 Å². The Bertz CT molecular complexity index is 667. The minimum Gasteiger partial charge on any atom is -0.478 e.